The predicted molar refractivity (Wildman–Crippen MR) is 87.8 cm³/mol. The van der Waals surface area contributed by atoms with Gasteiger partial charge in [-0.1, -0.05) is 0 Å². The maximum absolute atomic E-state index is 10.4. The van der Waals surface area contributed by atoms with Gasteiger partial charge in [-0.15, -0.1) is 0 Å². The summed E-state index contributed by atoms with van der Waals surface area (Å²) in [4.78, 5) is 27.5. The van der Waals surface area contributed by atoms with E-state index >= 15 is 0 Å². The SMILES string of the molecule is Nc1cc(Br)nc(CO)c1.O=C(O)c1cc([N+](=O)[O-])cc(Br)n1. The Morgan fingerprint density at radius 2 is 1.83 bits per heavy atom. The van der Waals surface area contributed by atoms with E-state index in [9.17, 15) is 14.9 Å². The van der Waals surface area contributed by atoms with Crippen molar-refractivity contribution in [2.45, 2.75) is 6.61 Å². The molecule has 2 aromatic rings. The Morgan fingerprint density at radius 3 is 2.30 bits per heavy atom. The zero-order chi connectivity index (χ0) is 17.6. The lowest BCUT2D eigenvalue weighted by Crippen LogP contribution is -2.01. The highest BCUT2D eigenvalue weighted by Gasteiger charge is 2.13. The number of nitrogen functional groups attached to an aromatic ring is 1. The van der Waals surface area contributed by atoms with E-state index in [1.165, 1.54) is 0 Å². The number of anilines is 1. The third kappa shape index (κ3) is 6.26. The molecule has 9 nitrogen and oxygen atoms in total. The van der Waals surface area contributed by atoms with Crippen molar-refractivity contribution in [3.8, 4) is 0 Å². The van der Waals surface area contributed by atoms with Crippen molar-refractivity contribution in [1.29, 1.82) is 0 Å². The van der Waals surface area contributed by atoms with Crippen LogP contribution in [0.2, 0.25) is 0 Å². The molecular formula is C12H10Br2N4O5. The number of aromatic nitrogens is 2. The highest BCUT2D eigenvalue weighted by atomic mass is 79.9. The van der Waals surface area contributed by atoms with Crippen LogP contribution in [0.3, 0.4) is 0 Å². The second-order valence-electron chi connectivity index (χ2n) is 3.97. The molecule has 0 atom stereocenters. The van der Waals surface area contributed by atoms with Crippen molar-refractivity contribution in [3.63, 3.8) is 0 Å². The number of carboxylic acid groups (broad SMARTS) is 1. The van der Waals surface area contributed by atoms with Crippen LogP contribution in [0.1, 0.15) is 16.2 Å². The van der Waals surface area contributed by atoms with Gasteiger partial charge in [0.25, 0.3) is 5.69 Å². The van der Waals surface area contributed by atoms with Crippen molar-refractivity contribution >= 4 is 49.2 Å². The molecule has 0 aliphatic heterocycles. The largest absolute Gasteiger partial charge is 0.477 e. The van der Waals surface area contributed by atoms with Gasteiger partial charge in [0.15, 0.2) is 5.69 Å². The molecule has 0 fully saturated rings. The number of hydrogen-bond acceptors (Lipinski definition) is 7. The van der Waals surface area contributed by atoms with Gasteiger partial charge in [-0.05, 0) is 44.0 Å². The minimum Gasteiger partial charge on any atom is -0.477 e. The monoisotopic (exact) mass is 448 g/mol. The molecule has 0 aromatic carbocycles. The van der Waals surface area contributed by atoms with Crippen molar-refractivity contribution in [1.82, 2.24) is 9.97 Å². The molecule has 0 aliphatic rings. The van der Waals surface area contributed by atoms with Crippen LogP contribution in [-0.4, -0.2) is 31.1 Å². The molecule has 0 saturated heterocycles. The molecular weight excluding hydrogens is 440 g/mol. The van der Waals surface area contributed by atoms with Crippen molar-refractivity contribution in [2.24, 2.45) is 0 Å². The Morgan fingerprint density at radius 1 is 1.22 bits per heavy atom. The molecule has 11 heteroatoms. The molecule has 23 heavy (non-hydrogen) atoms. The number of nitrogens with zero attached hydrogens (tertiary/aromatic N) is 3. The van der Waals surface area contributed by atoms with E-state index in [1.807, 2.05) is 0 Å². The van der Waals surface area contributed by atoms with Crippen LogP contribution in [0.5, 0.6) is 0 Å². The van der Waals surface area contributed by atoms with Crippen LogP contribution in [0.25, 0.3) is 0 Å². The van der Waals surface area contributed by atoms with Crippen LogP contribution >= 0.6 is 31.9 Å². The summed E-state index contributed by atoms with van der Waals surface area (Å²) in [5.41, 5.74) is 5.97. The summed E-state index contributed by atoms with van der Waals surface area (Å²) in [6.45, 7) is -0.0797. The van der Waals surface area contributed by atoms with Crippen LogP contribution in [0.4, 0.5) is 11.4 Å². The minimum absolute atomic E-state index is 0.0797. The van der Waals surface area contributed by atoms with Crippen LogP contribution in [0.15, 0.2) is 33.5 Å². The maximum atomic E-state index is 10.4. The molecule has 2 rings (SSSR count). The summed E-state index contributed by atoms with van der Waals surface area (Å²) in [6.07, 6.45) is 0. The molecule has 0 saturated carbocycles. The van der Waals surface area contributed by atoms with Gasteiger partial charge >= 0.3 is 5.97 Å². The molecule has 122 valence electrons. The number of rotatable bonds is 3. The van der Waals surface area contributed by atoms with Gasteiger partial charge in [-0.2, -0.15) is 0 Å². The number of carboxylic acids is 1. The normalized spacial score (nSPS) is 9.70. The molecule has 0 aliphatic carbocycles. The van der Waals surface area contributed by atoms with Gasteiger partial charge < -0.3 is 15.9 Å². The molecule has 0 spiro atoms. The van der Waals surface area contributed by atoms with Gasteiger partial charge in [-0.3, -0.25) is 10.1 Å². The molecule has 0 amide bonds. The number of hydrogen-bond donors (Lipinski definition) is 3. The number of aromatic carboxylic acids is 1. The fourth-order valence-electron chi connectivity index (χ4n) is 1.35. The lowest BCUT2D eigenvalue weighted by molar-refractivity contribution is -0.385. The third-order valence-electron chi connectivity index (χ3n) is 2.24. The maximum Gasteiger partial charge on any atom is 0.354 e. The first-order valence-corrected chi connectivity index (χ1v) is 7.39. The standard InChI is InChI=1S/C6H3BrN2O4.C6H7BrN2O/c7-5-2-3(9(12)13)1-4(8-5)6(10)11;7-6-2-4(8)1-5(3-10)9-6/h1-2H,(H,10,11);1-2,10H,3H2,(H2,8,9). The highest BCUT2D eigenvalue weighted by Crippen LogP contribution is 2.17. The fraction of sp³-hybridized carbons (Fsp3) is 0.0833. The fourth-order valence-corrected chi connectivity index (χ4v) is 2.27. The molecule has 2 aromatic heterocycles. The van der Waals surface area contributed by atoms with E-state index in [4.69, 9.17) is 15.9 Å². The quantitative estimate of drug-likeness (QED) is 0.366. The lowest BCUT2D eigenvalue weighted by Gasteiger charge is -1.97. The number of pyridine rings is 2. The zero-order valence-electron chi connectivity index (χ0n) is 11.3. The van der Waals surface area contributed by atoms with Gasteiger partial charge in [0, 0.05) is 17.8 Å². The Kier molecular flexibility index (Phi) is 7.00. The van der Waals surface area contributed by atoms with E-state index < -0.39 is 10.9 Å². The minimum atomic E-state index is -1.30. The van der Waals surface area contributed by atoms with Crippen LogP contribution in [0, 0.1) is 10.1 Å². The summed E-state index contributed by atoms with van der Waals surface area (Å²) < 4.78 is 0.774. The lowest BCUT2D eigenvalue weighted by atomic mass is 10.3. The Balaban J connectivity index is 0.000000238. The average molecular weight is 450 g/mol. The number of nitrogens with two attached hydrogens (primary N) is 1. The first kappa shape index (κ1) is 18.9. The van der Waals surface area contributed by atoms with Gasteiger partial charge in [0.05, 0.1) is 17.2 Å². The number of aliphatic hydroxyl groups is 1. The Hall–Kier alpha value is -2.11. The first-order valence-electron chi connectivity index (χ1n) is 5.81. The Labute approximate surface area is 146 Å². The number of aliphatic hydroxyl groups excluding tert-OH is 1. The Bertz CT molecular complexity index is 689. The average Bonchev–Trinajstić information content (AvgIpc) is 2.46. The number of halogens is 2. The van der Waals surface area contributed by atoms with Crippen molar-refractivity contribution < 1.29 is 19.9 Å². The van der Waals surface area contributed by atoms with E-state index in [2.05, 4.69) is 41.8 Å². The molecule has 0 radical (unpaired) electrons. The van der Waals surface area contributed by atoms with E-state index in [-0.39, 0.29) is 22.6 Å². The van der Waals surface area contributed by atoms with Gasteiger partial charge in [0.1, 0.15) is 9.21 Å². The number of carbonyl (C=O) groups is 1. The molecule has 0 unspecified atom stereocenters. The molecule has 0 bridgehead atoms. The van der Waals surface area contributed by atoms with E-state index in [0.717, 1.165) is 12.1 Å². The van der Waals surface area contributed by atoms with Gasteiger partial charge in [-0.25, -0.2) is 14.8 Å². The summed E-state index contributed by atoms with van der Waals surface area (Å²) in [7, 11) is 0. The third-order valence-corrected chi connectivity index (χ3v) is 3.05. The van der Waals surface area contributed by atoms with Crippen LogP contribution < -0.4 is 5.73 Å². The summed E-state index contributed by atoms with van der Waals surface area (Å²) >= 11 is 6.02. The summed E-state index contributed by atoms with van der Waals surface area (Å²) in [6, 6.07) is 5.34. The van der Waals surface area contributed by atoms with E-state index in [1.54, 1.807) is 12.1 Å². The topological polar surface area (TPSA) is 152 Å². The number of nitro groups is 1. The van der Waals surface area contributed by atoms with Crippen LogP contribution in [-0.2, 0) is 6.61 Å². The highest BCUT2D eigenvalue weighted by molar-refractivity contribution is 9.10. The second-order valence-corrected chi connectivity index (χ2v) is 5.59. The van der Waals surface area contributed by atoms with Crippen molar-refractivity contribution in [2.75, 3.05) is 5.73 Å². The molecule has 4 N–H and O–H groups in total. The van der Waals surface area contributed by atoms with E-state index in [0.29, 0.717) is 16.0 Å². The summed E-state index contributed by atoms with van der Waals surface area (Å²) in [5, 5.41) is 27.4. The van der Waals surface area contributed by atoms with Crippen molar-refractivity contribution in [3.05, 3.63) is 55.0 Å². The predicted octanol–water partition coefficient (Wildman–Crippen LogP) is 2.37. The zero-order valence-corrected chi connectivity index (χ0v) is 14.5. The second kappa shape index (κ2) is 8.50. The molecule has 2 heterocycles. The smallest absolute Gasteiger partial charge is 0.354 e. The van der Waals surface area contributed by atoms with Gasteiger partial charge in [0.2, 0.25) is 0 Å². The first-order chi connectivity index (χ1) is 10.7. The summed E-state index contributed by atoms with van der Waals surface area (Å²) in [5.74, 6) is -1.30.